The van der Waals surface area contributed by atoms with Crippen molar-refractivity contribution in [3.8, 4) is 6.07 Å². The fourth-order valence-electron chi connectivity index (χ4n) is 1.81. The summed E-state index contributed by atoms with van der Waals surface area (Å²) in [6.07, 6.45) is 0. The van der Waals surface area contributed by atoms with Gasteiger partial charge in [0.05, 0.1) is 23.3 Å². The van der Waals surface area contributed by atoms with Gasteiger partial charge in [0.1, 0.15) is 0 Å². The molecule has 5 nitrogen and oxygen atoms in total. The fourth-order valence-corrected chi connectivity index (χ4v) is 2.52. The van der Waals surface area contributed by atoms with Crippen LogP contribution in [0.15, 0.2) is 29.2 Å². The van der Waals surface area contributed by atoms with Crippen LogP contribution in [0.5, 0.6) is 0 Å². The summed E-state index contributed by atoms with van der Waals surface area (Å²) in [5.74, 6) is -1.48. The summed E-state index contributed by atoms with van der Waals surface area (Å²) in [7, 11) is 0. The Bertz CT molecular complexity index is 554. The van der Waals surface area contributed by atoms with Crippen molar-refractivity contribution in [3.05, 3.63) is 29.8 Å². The fraction of sp³-hybridized carbons (Fsp3) is 0.400. The molecule has 1 aromatic carbocycles. The molecule has 0 heterocycles. The number of hydrogen-bond acceptors (Lipinski definition) is 4. The Labute approximate surface area is 128 Å². The van der Waals surface area contributed by atoms with Gasteiger partial charge in [0.2, 0.25) is 0 Å². The largest absolute Gasteiger partial charge is 0.481 e. The monoisotopic (exact) mass is 306 g/mol. The van der Waals surface area contributed by atoms with Gasteiger partial charge in [0, 0.05) is 18.0 Å². The number of benzene rings is 1. The lowest BCUT2D eigenvalue weighted by Gasteiger charge is -2.23. The van der Waals surface area contributed by atoms with Crippen LogP contribution >= 0.6 is 11.8 Å². The van der Waals surface area contributed by atoms with Gasteiger partial charge in [-0.05, 0) is 19.1 Å². The van der Waals surface area contributed by atoms with Crippen LogP contribution in [-0.2, 0) is 4.79 Å². The number of nitriles is 1. The number of carboxylic acids is 1. The molecule has 1 unspecified atom stereocenters. The van der Waals surface area contributed by atoms with Crippen LogP contribution in [0.1, 0.15) is 24.2 Å². The molecule has 0 radical (unpaired) electrons. The van der Waals surface area contributed by atoms with Gasteiger partial charge >= 0.3 is 5.97 Å². The van der Waals surface area contributed by atoms with Crippen molar-refractivity contribution in [2.45, 2.75) is 18.7 Å². The molecule has 0 saturated heterocycles. The molecule has 0 spiro atoms. The zero-order valence-corrected chi connectivity index (χ0v) is 12.9. The minimum absolute atomic E-state index is 0.169. The van der Waals surface area contributed by atoms with E-state index in [4.69, 9.17) is 10.4 Å². The van der Waals surface area contributed by atoms with E-state index in [0.717, 1.165) is 4.90 Å². The molecular formula is C15H18N2O3S. The van der Waals surface area contributed by atoms with Crippen molar-refractivity contribution in [3.63, 3.8) is 0 Å². The van der Waals surface area contributed by atoms with Gasteiger partial charge in [0.25, 0.3) is 5.91 Å². The molecule has 1 rings (SSSR count). The molecule has 0 saturated carbocycles. The highest BCUT2D eigenvalue weighted by atomic mass is 32.2. The maximum Gasteiger partial charge on any atom is 0.308 e. The molecule has 0 bridgehead atoms. The van der Waals surface area contributed by atoms with Crippen molar-refractivity contribution < 1.29 is 14.7 Å². The molecule has 6 heteroatoms. The average molecular weight is 306 g/mol. The lowest BCUT2D eigenvalue weighted by atomic mass is 10.1. The van der Waals surface area contributed by atoms with Gasteiger partial charge < -0.3 is 10.0 Å². The Kier molecular flexibility index (Phi) is 6.76. The summed E-state index contributed by atoms with van der Waals surface area (Å²) < 4.78 is 0. The predicted molar refractivity (Wildman–Crippen MR) is 81.2 cm³/mol. The number of rotatable bonds is 7. The second kappa shape index (κ2) is 8.32. The zero-order valence-electron chi connectivity index (χ0n) is 12.1. The van der Waals surface area contributed by atoms with Gasteiger partial charge in [-0.15, -0.1) is 11.8 Å². The molecule has 112 valence electrons. The van der Waals surface area contributed by atoms with E-state index in [1.807, 2.05) is 19.1 Å². The highest BCUT2D eigenvalue weighted by Gasteiger charge is 2.22. The van der Waals surface area contributed by atoms with E-state index in [1.165, 1.54) is 16.7 Å². The summed E-state index contributed by atoms with van der Waals surface area (Å²) in [5.41, 5.74) is 0.511. The molecule has 0 fully saturated rings. The molecule has 0 aliphatic carbocycles. The first-order valence-corrected chi connectivity index (χ1v) is 7.60. The Morgan fingerprint density at radius 3 is 2.67 bits per heavy atom. The van der Waals surface area contributed by atoms with Gasteiger partial charge in [-0.2, -0.15) is 5.26 Å². The van der Waals surface area contributed by atoms with Crippen molar-refractivity contribution in [2.24, 2.45) is 5.92 Å². The van der Waals surface area contributed by atoms with Crippen LogP contribution in [-0.4, -0.2) is 40.7 Å². The minimum atomic E-state index is -0.923. The van der Waals surface area contributed by atoms with Crippen LogP contribution in [0.3, 0.4) is 0 Å². The summed E-state index contributed by atoms with van der Waals surface area (Å²) in [5, 5.41) is 17.6. The second-order valence-electron chi connectivity index (χ2n) is 4.53. The standard InChI is InChI=1S/C15H18N2O3S/c1-3-17(10-11(2)15(19)20)14(18)12-6-4-5-7-13(12)21-9-8-16/h4-7,11H,3,9-10H2,1-2H3,(H,19,20). The smallest absolute Gasteiger partial charge is 0.308 e. The third kappa shape index (κ3) is 4.80. The van der Waals surface area contributed by atoms with E-state index in [0.29, 0.717) is 12.1 Å². The number of amides is 1. The number of hydrogen-bond donors (Lipinski definition) is 1. The maximum absolute atomic E-state index is 12.6. The van der Waals surface area contributed by atoms with E-state index in [2.05, 4.69) is 0 Å². The van der Waals surface area contributed by atoms with Gasteiger partial charge in [-0.25, -0.2) is 0 Å². The Morgan fingerprint density at radius 2 is 2.10 bits per heavy atom. The number of aliphatic carboxylic acids is 1. The van der Waals surface area contributed by atoms with Crippen LogP contribution < -0.4 is 0 Å². The Morgan fingerprint density at radius 1 is 1.43 bits per heavy atom. The third-order valence-corrected chi connectivity index (χ3v) is 3.93. The van der Waals surface area contributed by atoms with Crippen molar-refractivity contribution >= 4 is 23.6 Å². The van der Waals surface area contributed by atoms with Gasteiger partial charge in [-0.1, -0.05) is 19.1 Å². The van der Waals surface area contributed by atoms with Gasteiger partial charge in [-0.3, -0.25) is 9.59 Å². The number of nitrogens with zero attached hydrogens (tertiary/aromatic N) is 2. The molecule has 0 aliphatic rings. The molecule has 1 amide bonds. The summed E-state index contributed by atoms with van der Waals surface area (Å²) in [4.78, 5) is 25.8. The highest BCUT2D eigenvalue weighted by molar-refractivity contribution is 7.99. The topological polar surface area (TPSA) is 81.4 Å². The molecule has 1 aromatic rings. The Hall–Kier alpha value is -2.00. The van der Waals surface area contributed by atoms with E-state index < -0.39 is 11.9 Å². The lowest BCUT2D eigenvalue weighted by Crippen LogP contribution is -2.37. The number of carbonyl (C=O) groups is 2. The molecular weight excluding hydrogens is 288 g/mol. The van der Waals surface area contributed by atoms with Crippen LogP contribution in [0, 0.1) is 17.2 Å². The van der Waals surface area contributed by atoms with Crippen molar-refractivity contribution in [1.29, 1.82) is 5.26 Å². The summed E-state index contributed by atoms with van der Waals surface area (Å²) >= 11 is 1.30. The normalized spacial score (nSPS) is 11.5. The first kappa shape index (κ1) is 17.1. The molecule has 0 aliphatic heterocycles. The SMILES string of the molecule is CCN(CC(C)C(=O)O)C(=O)c1ccccc1SCC#N. The Balaban J connectivity index is 2.95. The van der Waals surface area contributed by atoms with Crippen LogP contribution in [0.2, 0.25) is 0 Å². The van der Waals surface area contributed by atoms with Crippen LogP contribution in [0.25, 0.3) is 0 Å². The molecule has 1 N–H and O–H groups in total. The first-order chi connectivity index (χ1) is 10.0. The summed E-state index contributed by atoms with van der Waals surface area (Å²) in [6, 6.07) is 9.11. The van der Waals surface area contributed by atoms with Crippen molar-refractivity contribution in [1.82, 2.24) is 4.90 Å². The van der Waals surface area contributed by atoms with E-state index in [-0.39, 0.29) is 18.2 Å². The molecule has 0 aromatic heterocycles. The first-order valence-electron chi connectivity index (χ1n) is 6.62. The predicted octanol–water partition coefficient (Wildman–Crippen LogP) is 2.49. The quantitative estimate of drug-likeness (QED) is 0.783. The van der Waals surface area contributed by atoms with E-state index in [1.54, 1.807) is 25.1 Å². The van der Waals surface area contributed by atoms with Gasteiger partial charge in [0.15, 0.2) is 0 Å². The van der Waals surface area contributed by atoms with Crippen LogP contribution in [0.4, 0.5) is 0 Å². The average Bonchev–Trinajstić information content (AvgIpc) is 2.49. The number of thioether (sulfide) groups is 1. The molecule has 21 heavy (non-hydrogen) atoms. The third-order valence-electron chi connectivity index (χ3n) is 2.99. The van der Waals surface area contributed by atoms with E-state index >= 15 is 0 Å². The van der Waals surface area contributed by atoms with Crippen molar-refractivity contribution in [2.75, 3.05) is 18.8 Å². The van der Waals surface area contributed by atoms with E-state index in [9.17, 15) is 9.59 Å². The second-order valence-corrected chi connectivity index (χ2v) is 5.54. The maximum atomic E-state index is 12.6. The lowest BCUT2D eigenvalue weighted by molar-refractivity contribution is -0.141. The highest BCUT2D eigenvalue weighted by Crippen LogP contribution is 2.23. The minimum Gasteiger partial charge on any atom is -0.481 e. The number of carboxylic acid groups (broad SMARTS) is 1. The zero-order chi connectivity index (χ0) is 15.8. The number of carbonyl (C=O) groups excluding carboxylic acids is 1. The molecule has 1 atom stereocenters. The summed E-state index contributed by atoms with van der Waals surface area (Å²) in [6.45, 7) is 4.00.